The van der Waals surface area contributed by atoms with Crippen molar-refractivity contribution in [1.82, 2.24) is 0 Å². The average Bonchev–Trinajstić information content (AvgIpc) is 3.27. The van der Waals surface area contributed by atoms with Crippen molar-refractivity contribution in [2.75, 3.05) is 26.4 Å². The quantitative estimate of drug-likeness (QED) is 0.0306. The van der Waals surface area contributed by atoms with E-state index in [0.717, 1.165) is 32.1 Å². The number of esters is 2. The molecule has 0 aromatic carbocycles. The van der Waals surface area contributed by atoms with Crippen molar-refractivity contribution in [2.24, 2.45) is 0 Å². The maximum Gasteiger partial charge on any atom is 0.472 e. The molecule has 0 aliphatic rings. The van der Waals surface area contributed by atoms with Gasteiger partial charge in [-0.15, -0.1) is 0 Å². The molecule has 0 saturated heterocycles. The van der Waals surface area contributed by atoms with Crippen LogP contribution >= 0.6 is 7.82 Å². The highest BCUT2D eigenvalue weighted by Crippen LogP contribution is 2.43. The predicted octanol–water partition coefficient (Wildman–Crippen LogP) is 15.4. The summed E-state index contributed by atoms with van der Waals surface area (Å²) in [4.78, 5) is 35.2. The normalized spacial score (nSPS) is 13.5. The van der Waals surface area contributed by atoms with Crippen molar-refractivity contribution in [1.29, 1.82) is 0 Å². The van der Waals surface area contributed by atoms with Crippen LogP contribution in [0.2, 0.25) is 0 Å². The Morgan fingerprint density at radius 1 is 0.413 bits per heavy atom. The van der Waals surface area contributed by atoms with Gasteiger partial charge in [-0.25, -0.2) is 4.57 Å². The van der Waals surface area contributed by atoms with Crippen LogP contribution in [0, 0.1) is 0 Å². The number of hydrogen-bond donors (Lipinski definition) is 3. The molecule has 0 heterocycles. The molecule has 3 atom stereocenters. The van der Waals surface area contributed by atoms with E-state index in [1.54, 1.807) is 0 Å². The largest absolute Gasteiger partial charge is 0.472 e. The minimum atomic E-state index is -4.62. The first-order valence-corrected chi connectivity index (χ1v) is 28.5. The van der Waals surface area contributed by atoms with Gasteiger partial charge in [0.15, 0.2) is 6.10 Å². The van der Waals surface area contributed by atoms with Gasteiger partial charge in [0, 0.05) is 12.8 Å². The smallest absolute Gasteiger partial charge is 0.462 e. The van der Waals surface area contributed by atoms with E-state index in [9.17, 15) is 24.2 Å². The Hall–Kier alpha value is -1.03. The second-order valence-corrected chi connectivity index (χ2v) is 20.1. The molecule has 0 spiro atoms. The third kappa shape index (κ3) is 48.7. The van der Waals surface area contributed by atoms with Gasteiger partial charge in [-0.1, -0.05) is 258 Å². The number of hydrogen-bond acceptors (Lipinski definition) is 9. The van der Waals surface area contributed by atoms with Crippen molar-refractivity contribution in [2.45, 2.75) is 296 Å². The number of unbranched alkanes of at least 4 members (excludes halogenated alkanes) is 38. The van der Waals surface area contributed by atoms with Crippen LogP contribution in [0.3, 0.4) is 0 Å². The lowest BCUT2D eigenvalue weighted by Gasteiger charge is -2.20. The second kappa shape index (κ2) is 48.9. The minimum absolute atomic E-state index is 0.193. The standard InChI is InChI=1S/C52H103O10P/c1-3-5-7-9-11-13-15-17-19-21-22-23-24-25-26-28-30-32-34-36-38-40-42-44-52(56)62-50(48-61-63(57,58)60-46-49(54)45-53)47-59-51(55)43-41-39-37-35-33-31-29-27-20-18-16-14-12-10-8-6-4-2/h49-50,53-54H,3-48H2,1-2H3,(H,57,58)/t49-,50+/m0/s1. The molecule has 0 aliphatic heterocycles. The summed E-state index contributed by atoms with van der Waals surface area (Å²) in [5.41, 5.74) is 0. The van der Waals surface area contributed by atoms with Gasteiger partial charge in [-0.3, -0.25) is 18.6 Å². The van der Waals surface area contributed by atoms with Crippen molar-refractivity contribution < 1.29 is 47.8 Å². The van der Waals surface area contributed by atoms with E-state index in [1.807, 2.05) is 0 Å². The first-order valence-electron chi connectivity index (χ1n) is 27.0. The first kappa shape index (κ1) is 62.0. The SMILES string of the molecule is CCCCCCCCCCCCCCCCCCCCCCCCCC(=O)O[C@H](COC(=O)CCCCCCCCCCCCCCCCCCC)COP(=O)(O)OC[C@@H](O)CO. The Balaban J connectivity index is 4.08. The molecular formula is C52H103O10P. The van der Waals surface area contributed by atoms with Crippen LogP contribution in [-0.4, -0.2) is 65.7 Å². The van der Waals surface area contributed by atoms with Gasteiger partial charge in [0.1, 0.15) is 12.7 Å². The fraction of sp³-hybridized carbons (Fsp3) is 0.962. The summed E-state index contributed by atoms with van der Waals surface area (Å²) in [6.07, 6.45) is 49.3. The van der Waals surface area contributed by atoms with Gasteiger partial charge in [-0.05, 0) is 12.8 Å². The Labute approximate surface area is 388 Å². The molecule has 0 fully saturated rings. The minimum Gasteiger partial charge on any atom is -0.462 e. The van der Waals surface area contributed by atoms with E-state index in [0.29, 0.717) is 12.8 Å². The third-order valence-electron chi connectivity index (χ3n) is 12.3. The molecule has 0 bridgehead atoms. The number of aliphatic hydroxyl groups is 2. The lowest BCUT2D eigenvalue weighted by Crippen LogP contribution is -2.29. The average molecular weight is 919 g/mol. The molecule has 0 aromatic heterocycles. The zero-order valence-electron chi connectivity index (χ0n) is 41.3. The lowest BCUT2D eigenvalue weighted by atomic mass is 10.0. The Kier molecular flexibility index (Phi) is 48.1. The molecule has 0 saturated carbocycles. The maximum absolute atomic E-state index is 12.7. The molecule has 10 nitrogen and oxygen atoms in total. The van der Waals surface area contributed by atoms with E-state index in [1.165, 1.54) is 212 Å². The van der Waals surface area contributed by atoms with Crippen molar-refractivity contribution in [3.63, 3.8) is 0 Å². The number of rotatable bonds is 52. The zero-order chi connectivity index (χ0) is 46.2. The molecule has 0 amide bonds. The summed E-state index contributed by atoms with van der Waals surface area (Å²) in [6, 6.07) is 0. The van der Waals surface area contributed by atoms with Gasteiger partial charge >= 0.3 is 19.8 Å². The highest BCUT2D eigenvalue weighted by atomic mass is 31.2. The molecule has 11 heteroatoms. The van der Waals surface area contributed by atoms with Gasteiger partial charge in [0.25, 0.3) is 0 Å². The molecule has 0 aromatic rings. The molecular weight excluding hydrogens is 816 g/mol. The molecule has 0 aliphatic carbocycles. The van der Waals surface area contributed by atoms with Crippen molar-refractivity contribution in [3.8, 4) is 0 Å². The van der Waals surface area contributed by atoms with Gasteiger partial charge in [-0.2, -0.15) is 0 Å². The molecule has 1 unspecified atom stereocenters. The Morgan fingerprint density at radius 3 is 0.984 bits per heavy atom. The van der Waals surface area contributed by atoms with Crippen molar-refractivity contribution in [3.05, 3.63) is 0 Å². The number of carbonyl (C=O) groups excluding carboxylic acids is 2. The van der Waals surface area contributed by atoms with Gasteiger partial charge < -0.3 is 24.6 Å². The van der Waals surface area contributed by atoms with E-state index < -0.39 is 51.8 Å². The van der Waals surface area contributed by atoms with Crippen molar-refractivity contribution >= 4 is 19.8 Å². The zero-order valence-corrected chi connectivity index (χ0v) is 42.2. The number of phosphoric ester groups is 1. The van der Waals surface area contributed by atoms with E-state index in [-0.39, 0.29) is 19.4 Å². The van der Waals surface area contributed by atoms with Crippen LogP contribution in [0.5, 0.6) is 0 Å². The van der Waals surface area contributed by atoms with E-state index >= 15 is 0 Å². The number of aliphatic hydroxyl groups excluding tert-OH is 2. The first-order chi connectivity index (χ1) is 30.7. The summed E-state index contributed by atoms with van der Waals surface area (Å²) in [5, 5.41) is 18.4. The fourth-order valence-corrected chi connectivity index (χ4v) is 8.91. The lowest BCUT2D eigenvalue weighted by molar-refractivity contribution is -0.161. The Morgan fingerprint density at radius 2 is 0.683 bits per heavy atom. The van der Waals surface area contributed by atoms with Crippen LogP contribution in [0.25, 0.3) is 0 Å². The molecule has 0 rings (SSSR count). The predicted molar refractivity (Wildman–Crippen MR) is 261 cm³/mol. The highest BCUT2D eigenvalue weighted by Gasteiger charge is 2.27. The number of phosphoric acid groups is 1. The summed E-state index contributed by atoms with van der Waals surface area (Å²) < 4.78 is 32.9. The number of carbonyl (C=O) groups is 2. The molecule has 63 heavy (non-hydrogen) atoms. The Bertz CT molecular complexity index is 1010. The van der Waals surface area contributed by atoms with Crippen LogP contribution in [0.15, 0.2) is 0 Å². The highest BCUT2D eigenvalue weighted by molar-refractivity contribution is 7.47. The van der Waals surface area contributed by atoms with Crippen LogP contribution in [-0.2, 0) is 32.7 Å². The van der Waals surface area contributed by atoms with E-state index in [4.69, 9.17) is 23.6 Å². The maximum atomic E-state index is 12.7. The topological polar surface area (TPSA) is 149 Å². The van der Waals surface area contributed by atoms with Gasteiger partial charge in [0.05, 0.1) is 19.8 Å². The number of ether oxygens (including phenoxy) is 2. The molecule has 376 valence electrons. The molecule has 3 N–H and O–H groups in total. The summed E-state index contributed by atoms with van der Waals surface area (Å²) in [5.74, 6) is -0.901. The fourth-order valence-electron chi connectivity index (χ4n) is 8.12. The van der Waals surface area contributed by atoms with Gasteiger partial charge in [0.2, 0.25) is 0 Å². The monoisotopic (exact) mass is 919 g/mol. The summed E-state index contributed by atoms with van der Waals surface area (Å²) in [6.45, 7) is 2.46. The second-order valence-electron chi connectivity index (χ2n) is 18.6. The van der Waals surface area contributed by atoms with E-state index in [2.05, 4.69) is 13.8 Å². The third-order valence-corrected chi connectivity index (χ3v) is 13.2. The van der Waals surface area contributed by atoms with Crippen LogP contribution < -0.4 is 0 Å². The van der Waals surface area contributed by atoms with Crippen LogP contribution in [0.1, 0.15) is 284 Å². The summed E-state index contributed by atoms with van der Waals surface area (Å²) in [7, 11) is -4.62. The summed E-state index contributed by atoms with van der Waals surface area (Å²) >= 11 is 0. The van der Waals surface area contributed by atoms with Crippen LogP contribution in [0.4, 0.5) is 0 Å². The molecule has 0 radical (unpaired) electrons.